The van der Waals surface area contributed by atoms with Crippen LogP contribution in [-0.4, -0.2) is 32.4 Å². The molecule has 10 heteroatoms. The first-order chi connectivity index (χ1) is 11.4. The van der Waals surface area contributed by atoms with Gasteiger partial charge in [-0.3, -0.25) is 0 Å². The molecular formula is C14H10F4N6. The molecule has 0 radical (unpaired) electrons. The first kappa shape index (κ1) is 15.8. The van der Waals surface area contributed by atoms with E-state index in [0.717, 1.165) is 18.3 Å². The van der Waals surface area contributed by atoms with Crippen molar-refractivity contribution in [1.29, 1.82) is 0 Å². The fraction of sp³-hybridized carbons (Fsp3) is 0.143. The van der Waals surface area contributed by atoms with Crippen LogP contribution in [0.25, 0.3) is 22.6 Å². The third-order valence-corrected chi connectivity index (χ3v) is 3.16. The van der Waals surface area contributed by atoms with E-state index < -0.39 is 17.7 Å². The topological polar surface area (TPSA) is 79.4 Å². The van der Waals surface area contributed by atoms with Crippen molar-refractivity contribution in [3.8, 4) is 22.6 Å². The molecule has 0 aliphatic rings. The number of H-pyrrole nitrogens is 1. The number of halogens is 4. The van der Waals surface area contributed by atoms with Gasteiger partial charge in [-0.2, -0.15) is 23.5 Å². The third-order valence-electron chi connectivity index (χ3n) is 3.16. The van der Waals surface area contributed by atoms with Gasteiger partial charge in [-0.15, -0.1) is 5.10 Å². The molecule has 124 valence electrons. The SMILES string of the molecule is CNc1n[nH]nc1-c1cc(F)cc(-c2nccc(C(F)(F)F)n2)c1. The lowest BCUT2D eigenvalue weighted by molar-refractivity contribution is -0.141. The number of nitrogens with zero attached hydrogens (tertiary/aromatic N) is 4. The molecule has 0 aliphatic carbocycles. The Morgan fingerprint density at radius 3 is 2.54 bits per heavy atom. The van der Waals surface area contributed by atoms with Crippen LogP contribution < -0.4 is 5.32 Å². The van der Waals surface area contributed by atoms with Gasteiger partial charge in [0.05, 0.1) is 0 Å². The highest BCUT2D eigenvalue weighted by molar-refractivity contribution is 5.74. The molecule has 0 atom stereocenters. The minimum Gasteiger partial charge on any atom is -0.370 e. The van der Waals surface area contributed by atoms with E-state index in [9.17, 15) is 17.6 Å². The van der Waals surface area contributed by atoms with Gasteiger partial charge in [0.1, 0.15) is 17.2 Å². The summed E-state index contributed by atoms with van der Waals surface area (Å²) in [5.41, 5.74) is -0.355. The summed E-state index contributed by atoms with van der Waals surface area (Å²) in [6.07, 6.45) is -3.63. The predicted molar refractivity (Wildman–Crippen MR) is 77.4 cm³/mol. The molecule has 0 unspecified atom stereocenters. The first-order valence-electron chi connectivity index (χ1n) is 6.68. The van der Waals surface area contributed by atoms with Gasteiger partial charge in [-0.05, 0) is 24.3 Å². The second-order valence-electron chi connectivity index (χ2n) is 4.76. The molecule has 0 aliphatic heterocycles. The standard InChI is InChI=1S/C14H10F4N6/c1-19-13-11(22-24-23-13)7-4-8(6-9(15)5-7)12-20-3-2-10(21-12)14(16,17)18/h2-6H,1H3,(H2,19,22,23,24). The number of aromatic amines is 1. The van der Waals surface area contributed by atoms with Crippen molar-refractivity contribution in [2.75, 3.05) is 12.4 Å². The molecule has 2 heterocycles. The van der Waals surface area contributed by atoms with Gasteiger partial charge >= 0.3 is 6.18 Å². The van der Waals surface area contributed by atoms with E-state index in [0.29, 0.717) is 17.1 Å². The number of aromatic nitrogens is 5. The molecule has 2 N–H and O–H groups in total. The normalized spacial score (nSPS) is 11.5. The van der Waals surface area contributed by atoms with Crippen LogP contribution in [-0.2, 0) is 6.18 Å². The molecule has 0 saturated heterocycles. The second kappa shape index (κ2) is 5.87. The fourth-order valence-corrected chi connectivity index (χ4v) is 2.12. The van der Waals surface area contributed by atoms with Crippen LogP contribution in [0.3, 0.4) is 0 Å². The second-order valence-corrected chi connectivity index (χ2v) is 4.76. The van der Waals surface area contributed by atoms with Crippen molar-refractivity contribution in [3.05, 3.63) is 42.0 Å². The highest BCUT2D eigenvalue weighted by Gasteiger charge is 2.32. The molecule has 3 rings (SSSR count). The zero-order valence-electron chi connectivity index (χ0n) is 12.2. The molecule has 3 aromatic rings. The van der Waals surface area contributed by atoms with E-state index in [-0.39, 0.29) is 11.4 Å². The van der Waals surface area contributed by atoms with E-state index in [1.165, 1.54) is 12.1 Å². The van der Waals surface area contributed by atoms with Crippen LogP contribution in [0.5, 0.6) is 0 Å². The Hall–Kier alpha value is -3.04. The van der Waals surface area contributed by atoms with Crippen LogP contribution in [0.15, 0.2) is 30.5 Å². The molecule has 6 nitrogen and oxygen atoms in total. The van der Waals surface area contributed by atoms with Gasteiger partial charge in [0, 0.05) is 24.4 Å². The summed E-state index contributed by atoms with van der Waals surface area (Å²) in [4.78, 5) is 7.25. The Morgan fingerprint density at radius 2 is 1.83 bits per heavy atom. The zero-order valence-corrected chi connectivity index (χ0v) is 12.2. The lowest BCUT2D eigenvalue weighted by atomic mass is 10.1. The lowest BCUT2D eigenvalue weighted by Gasteiger charge is -2.08. The minimum atomic E-state index is -4.61. The van der Waals surface area contributed by atoms with E-state index >= 15 is 0 Å². The monoisotopic (exact) mass is 338 g/mol. The van der Waals surface area contributed by atoms with Crippen molar-refractivity contribution in [2.24, 2.45) is 0 Å². The van der Waals surface area contributed by atoms with E-state index in [1.807, 2.05) is 0 Å². The van der Waals surface area contributed by atoms with Crippen molar-refractivity contribution in [1.82, 2.24) is 25.4 Å². The van der Waals surface area contributed by atoms with Crippen molar-refractivity contribution < 1.29 is 17.6 Å². The highest BCUT2D eigenvalue weighted by atomic mass is 19.4. The van der Waals surface area contributed by atoms with Gasteiger partial charge < -0.3 is 5.32 Å². The van der Waals surface area contributed by atoms with Crippen molar-refractivity contribution in [3.63, 3.8) is 0 Å². The molecule has 0 bridgehead atoms. The molecule has 0 fully saturated rings. The number of hydrogen-bond donors (Lipinski definition) is 2. The van der Waals surface area contributed by atoms with Gasteiger partial charge in [0.2, 0.25) is 0 Å². The fourth-order valence-electron chi connectivity index (χ4n) is 2.12. The van der Waals surface area contributed by atoms with Crippen LogP contribution in [0.2, 0.25) is 0 Å². The van der Waals surface area contributed by atoms with Gasteiger partial charge in [-0.1, -0.05) is 0 Å². The summed E-state index contributed by atoms with van der Waals surface area (Å²) >= 11 is 0. The summed E-state index contributed by atoms with van der Waals surface area (Å²) < 4.78 is 52.2. The van der Waals surface area contributed by atoms with Gasteiger partial charge in [0.25, 0.3) is 0 Å². The molecule has 2 aromatic heterocycles. The molecule has 0 spiro atoms. The zero-order chi connectivity index (χ0) is 17.3. The van der Waals surface area contributed by atoms with Crippen LogP contribution >= 0.6 is 0 Å². The Balaban J connectivity index is 2.10. The number of rotatable bonds is 3. The summed E-state index contributed by atoms with van der Waals surface area (Å²) in [6.45, 7) is 0. The van der Waals surface area contributed by atoms with Crippen LogP contribution in [0, 0.1) is 5.82 Å². The Kier molecular flexibility index (Phi) is 3.87. The highest BCUT2D eigenvalue weighted by Crippen LogP contribution is 2.31. The predicted octanol–water partition coefficient (Wildman–Crippen LogP) is 3.13. The van der Waals surface area contributed by atoms with E-state index in [4.69, 9.17) is 0 Å². The molecule has 0 saturated carbocycles. The Morgan fingerprint density at radius 1 is 1.08 bits per heavy atom. The number of anilines is 1. The molecule has 1 aromatic carbocycles. The molecular weight excluding hydrogens is 328 g/mol. The molecule has 0 amide bonds. The maximum absolute atomic E-state index is 13.9. The summed E-state index contributed by atoms with van der Waals surface area (Å²) in [5, 5.41) is 12.9. The maximum Gasteiger partial charge on any atom is 0.433 e. The summed E-state index contributed by atoms with van der Waals surface area (Å²) in [6, 6.07) is 4.44. The first-order valence-corrected chi connectivity index (χ1v) is 6.68. The minimum absolute atomic E-state index is 0.0983. The van der Waals surface area contributed by atoms with Crippen molar-refractivity contribution in [2.45, 2.75) is 6.18 Å². The average molecular weight is 338 g/mol. The van der Waals surface area contributed by atoms with E-state index in [2.05, 4.69) is 30.7 Å². The number of benzene rings is 1. The Bertz CT molecular complexity index is 874. The lowest BCUT2D eigenvalue weighted by Crippen LogP contribution is -2.09. The summed E-state index contributed by atoms with van der Waals surface area (Å²) in [5.74, 6) is -0.523. The third kappa shape index (κ3) is 3.03. The van der Waals surface area contributed by atoms with E-state index in [1.54, 1.807) is 7.05 Å². The smallest absolute Gasteiger partial charge is 0.370 e. The van der Waals surface area contributed by atoms with Crippen molar-refractivity contribution >= 4 is 5.82 Å². The maximum atomic E-state index is 13.9. The summed E-state index contributed by atoms with van der Waals surface area (Å²) in [7, 11) is 1.61. The Labute approximate surface area is 133 Å². The average Bonchev–Trinajstić information content (AvgIpc) is 3.02. The van der Waals surface area contributed by atoms with Crippen LogP contribution in [0.1, 0.15) is 5.69 Å². The quantitative estimate of drug-likeness (QED) is 0.717. The molecule has 24 heavy (non-hydrogen) atoms. The number of nitrogens with one attached hydrogen (secondary N) is 2. The van der Waals surface area contributed by atoms with Gasteiger partial charge in [-0.25, -0.2) is 14.4 Å². The van der Waals surface area contributed by atoms with Crippen LogP contribution in [0.4, 0.5) is 23.4 Å². The number of hydrogen-bond acceptors (Lipinski definition) is 5. The largest absolute Gasteiger partial charge is 0.433 e. The van der Waals surface area contributed by atoms with Gasteiger partial charge in [0.15, 0.2) is 11.6 Å². The number of alkyl halides is 3.